The van der Waals surface area contributed by atoms with Crippen LogP contribution in [0.1, 0.15) is 24.8 Å². The fraction of sp³-hybridized carbons (Fsp3) is 0.429. The van der Waals surface area contributed by atoms with Gasteiger partial charge in [0.1, 0.15) is 12.1 Å². The second kappa shape index (κ2) is 6.28. The maximum atomic E-state index is 12.4. The van der Waals surface area contributed by atoms with Gasteiger partial charge in [0.2, 0.25) is 11.8 Å². The van der Waals surface area contributed by atoms with Crippen LogP contribution >= 0.6 is 15.9 Å². The molecule has 22 heavy (non-hydrogen) atoms. The molecule has 1 saturated heterocycles. The van der Waals surface area contributed by atoms with E-state index < -0.39 is 36.5 Å². The monoisotopic (exact) mass is 378 g/mol. The van der Waals surface area contributed by atoms with Gasteiger partial charge in [-0.05, 0) is 17.7 Å². The van der Waals surface area contributed by atoms with Gasteiger partial charge in [-0.15, -0.1) is 0 Å². The van der Waals surface area contributed by atoms with E-state index in [0.717, 1.165) is 10.0 Å². The molecule has 2 unspecified atom stereocenters. The van der Waals surface area contributed by atoms with Crippen LogP contribution in [-0.4, -0.2) is 30.1 Å². The van der Waals surface area contributed by atoms with Crippen molar-refractivity contribution in [3.63, 3.8) is 0 Å². The molecule has 0 spiro atoms. The lowest BCUT2D eigenvalue weighted by atomic mass is 9.90. The van der Waals surface area contributed by atoms with Crippen molar-refractivity contribution in [2.75, 3.05) is 0 Å². The van der Waals surface area contributed by atoms with Crippen LogP contribution in [0.2, 0.25) is 0 Å². The highest BCUT2D eigenvalue weighted by molar-refractivity contribution is 9.10. The van der Waals surface area contributed by atoms with E-state index in [2.05, 4.69) is 26.6 Å². The molecule has 1 fully saturated rings. The highest BCUT2D eigenvalue weighted by Crippen LogP contribution is 2.26. The van der Waals surface area contributed by atoms with E-state index in [1.54, 1.807) is 25.1 Å². The average molecular weight is 379 g/mol. The second-order valence-electron chi connectivity index (χ2n) is 5.21. The van der Waals surface area contributed by atoms with Gasteiger partial charge in [-0.2, -0.15) is 13.2 Å². The molecule has 1 aliphatic heterocycles. The van der Waals surface area contributed by atoms with Gasteiger partial charge in [0.15, 0.2) is 0 Å². The summed E-state index contributed by atoms with van der Waals surface area (Å²) in [4.78, 5) is 23.8. The number of hydrogen-bond acceptors (Lipinski definition) is 2. The van der Waals surface area contributed by atoms with Gasteiger partial charge in [-0.25, -0.2) is 0 Å². The first-order valence-electron chi connectivity index (χ1n) is 6.60. The molecule has 2 N–H and O–H groups in total. The Labute approximate surface area is 133 Å². The minimum absolute atomic E-state index is 0.367. The van der Waals surface area contributed by atoms with Crippen molar-refractivity contribution >= 4 is 27.7 Å². The summed E-state index contributed by atoms with van der Waals surface area (Å²) < 4.78 is 37.9. The quantitative estimate of drug-likeness (QED) is 0.848. The molecule has 1 heterocycles. The molecule has 2 rings (SSSR count). The number of rotatable bonds is 3. The van der Waals surface area contributed by atoms with Crippen LogP contribution in [0.4, 0.5) is 13.2 Å². The fourth-order valence-corrected chi connectivity index (χ4v) is 2.77. The van der Waals surface area contributed by atoms with Crippen LogP contribution in [0, 0.1) is 0 Å². The molecule has 3 atom stereocenters. The van der Waals surface area contributed by atoms with Gasteiger partial charge in [0, 0.05) is 10.4 Å². The van der Waals surface area contributed by atoms with Crippen LogP contribution in [0.3, 0.4) is 0 Å². The van der Waals surface area contributed by atoms with E-state index in [9.17, 15) is 22.8 Å². The normalized spacial score (nSPS) is 23.7. The van der Waals surface area contributed by atoms with Gasteiger partial charge in [-0.3, -0.25) is 9.59 Å². The van der Waals surface area contributed by atoms with Crippen molar-refractivity contribution < 1.29 is 22.8 Å². The van der Waals surface area contributed by atoms with E-state index in [-0.39, 0.29) is 5.92 Å². The van der Waals surface area contributed by atoms with Crippen LogP contribution in [-0.2, 0) is 9.59 Å². The molecule has 0 aromatic heterocycles. The zero-order valence-corrected chi connectivity index (χ0v) is 13.2. The van der Waals surface area contributed by atoms with E-state index in [0.29, 0.717) is 0 Å². The van der Waals surface area contributed by atoms with E-state index in [1.807, 2.05) is 6.07 Å². The lowest BCUT2D eigenvalue weighted by Gasteiger charge is -2.33. The smallest absolute Gasteiger partial charge is 0.342 e. The molecule has 8 heteroatoms. The van der Waals surface area contributed by atoms with Gasteiger partial charge in [-0.1, -0.05) is 35.0 Å². The summed E-state index contributed by atoms with van der Waals surface area (Å²) in [5.74, 6) is -1.79. The highest BCUT2D eigenvalue weighted by atomic mass is 79.9. The van der Waals surface area contributed by atoms with Crippen LogP contribution in [0.25, 0.3) is 0 Å². The maximum absolute atomic E-state index is 12.4. The Hall–Kier alpha value is -1.57. The Morgan fingerprint density at radius 3 is 2.50 bits per heavy atom. The number of carbonyl (C=O) groups excluding carboxylic acids is 2. The molecule has 120 valence electrons. The predicted octanol–water partition coefficient (Wildman–Crippen LogP) is 2.49. The Kier molecular flexibility index (Phi) is 4.79. The minimum Gasteiger partial charge on any atom is -0.342 e. The lowest BCUT2D eigenvalue weighted by Crippen LogP contribution is -2.63. The molecule has 1 aromatic carbocycles. The predicted molar refractivity (Wildman–Crippen MR) is 77.1 cm³/mol. The first-order chi connectivity index (χ1) is 10.2. The fourth-order valence-electron chi connectivity index (χ4n) is 2.36. The molecule has 1 aromatic rings. The second-order valence-corrected chi connectivity index (χ2v) is 6.13. The number of benzene rings is 1. The zero-order chi connectivity index (χ0) is 16.5. The third-order valence-electron chi connectivity index (χ3n) is 3.52. The number of halogens is 4. The SMILES string of the molecule is CC(c1cccc(Br)c1)C1NC(=O)[C@@H](CC(F)(F)F)NC1=O. The molecule has 0 bridgehead atoms. The van der Waals surface area contributed by atoms with Gasteiger partial charge in [0.25, 0.3) is 0 Å². The third kappa shape index (κ3) is 4.00. The van der Waals surface area contributed by atoms with Crippen molar-refractivity contribution in [3.8, 4) is 0 Å². The topological polar surface area (TPSA) is 58.2 Å². The van der Waals surface area contributed by atoms with E-state index in [1.165, 1.54) is 0 Å². The first-order valence-corrected chi connectivity index (χ1v) is 7.39. The molecule has 4 nitrogen and oxygen atoms in total. The molecular formula is C14H14BrF3N2O2. The van der Waals surface area contributed by atoms with Crippen LogP contribution < -0.4 is 10.6 Å². The van der Waals surface area contributed by atoms with Gasteiger partial charge < -0.3 is 10.6 Å². The Morgan fingerprint density at radius 2 is 1.91 bits per heavy atom. The third-order valence-corrected chi connectivity index (χ3v) is 4.02. The molecule has 1 aliphatic rings. The first kappa shape index (κ1) is 16.8. The molecule has 2 amide bonds. The maximum Gasteiger partial charge on any atom is 0.391 e. The Balaban J connectivity index is 2.12. The van der Waals surface area contributed by atoms with Crippen molar-refractivity contribution in [2.45, 2.75) is 37.5 Å². The summed E-state index contributed by atoms with van der Waals surface area (Å²) >= 11 is 3.31. The van der Waals surface area contributed by atoms with E-state index >= 15 is 0 Å². The summed E-state index contributed by atoms with van der Waals surface area (Å²) in [6, 6.07) is 4.72. The molecule has 0 radical (unpaired) electrons. The zero-order valence-electron chi connectivity index (χ0n) is 11.6. The number of nitrogens with one attached hydrogen (secondary N) is 2. The number of amides is 2. The summed E-state index contributed by atoms with van der Waals surface area (Å²) in [5, 5.41) is 4.55. The Bertz CT molecular complexity index is 592. The van der Waals surface area contributed by atoms with Crippen LogP contribution in [0.5, 0.6) is 0 Å². The van der Waals surface area contributed by atoms with E-state index in [4.69, 9.17) is 0 Å². The number of carbonyl (C=O) groups is 2. The number of hydrogen-bond donors (Lipinski definition) is 2. The highest BCUT2D eigenvalue weighted by Gasteiger charge is 2.42. The lowest BCUT2D eigenvalue weighted by molar-refractivity contribution is -0.155. The Morgan fingerprint density at radius 1 is 1.23 bits per heavy atom. The molecular weight excluding hydrogens is 365 g/mol. The molecule has 0 saturated carbocycles. The van der Waals surface area contributed by atoms with Crippen molar-refractivity contribution in [1.29, 1.82) is 0 Å². The summed E-state index contributed by atoms with van der Waals surface area (Å²) in [6.45, 7) is 1.73. The number of piperazine rings is 1. The van der Waals surface area contributed by atoms with Crippen LogP contribution in [0.15, 0.2) is 28.7 Å². The largest absolute Gasteiger partial charge is 0.391 e. The minimum atomic E-state index is -4.52. The average Bonchev–Trinajstić information content (AvgIpc) is 2.40. The summed E-state index contributed by atoms with van der Waals surface area (Å²) in [6.07, 6.45) is -5.89. The van der Waals surface area contributed by atoms with Gasteiger partial charge in [0.05, 0.1) is 6.42 Å². The number of alkyl halides is 3. The van der Waals surface area contributed by atoms with Crippen molar-refractivity contribution in [1.82, 2.24) is 10.6 Å². The molecule has 0 aliphatic carbocycles. The standard InChI is InChI=1S/C14H14BrF3N2O2/c1-7(8-3-2-4-9(15)5-8)11-13(22)19-10(12(21)20-11)6-14(16,17)18/h2-5,7,10-11H,6H2,1H3,(H,19,22)(H,20,21)/t7?,10-,11?/m1/s1. The summed E-state index contributed by atoms with van der Waals surface area (Å²) in [7, 11) is 0. The summed E-state index contributed by atoms with van der Waals surface area (Å²) in [5.41, 5.74) is 0.795. The van der Waals surface area contributed by atoms with Gasteiger partial charge >= 0.3 is 6.18 Å². The van der Waals surface area contributed by atoms with Crippen molar-refractivity contribution in [3.05, 3.63) is 34.3 Å². The van der Waals surface area contributed by atoms with Crippen molar-refractivity contribution in [2.24, 2.45) is 0 Å².